The van der Waals surface area contributed by atoms with E-state index in [4.69, 9.17) is 0 Å². The molecule has 2 nitrogen and oxygen atoms in total. The lowest BCUT2D eigenvalue weighted by Gasteiger charge is -2.13. The number of likely N-dealkylation sites (tertiary alicyclic amines) is 1. The molecule has 2 aliphatic rings. The van der Waals surface area contributed by atoms with Gasteiger partial charge in [0.25, 0.3) is 0 Å². The summed E-state index contributed by atoms with van der Waals surface area (Å²) < 4.78 is 12.0. The third kappa shape index (κ3) is 2.94. The Labute approximate surface area is 91.1 Å². The molecule has 2 saturated heterocycles. The second kappa shape index (κ2) is 6.02. The Balaban J connectivity index is 0.000000720. The molecule has 2 aliphatic heterocycles. The van der Waals surface area contributed by atoms with Gasteiger partial charge in [-0.15, -0.1) is 24.8 Å². The standard InChI is InChI=1S/C8H15FN2.2ClH/c9-2-4-11-5-7-1-3-10-8(7)6-11;;/h7-8,10H,1-6H2;2*1H/t7-,8+;;/m1../s1. The van der Waals surface area contributed by atoms with Gasteiger partial charge in [0, 0.05) is 25.7 Å². The maximum atomic E-state index is 12.0. The monoisotopic (exact) mass is 230 g/mol. The summed E-state index contributed by atoms with van der Waals surface area (Å²) in [4.78, 5) is 2.22. The van der Waals surface area contributed by atoms with E-state index in [9.17, 15) is 4.39 Å². The largest absolute Gasteiger partial charge is 0.312 e. The van der Waals surface area contributed by atoms with E-state index >= 15 is 0 Å². The minimum Gasteiger partial charge on any atom is -0.312 e. The van der Waals surface area contributed by atoms with Crippen LogP contribution in [-0.2, 0) is 0 Å². The Kier molecular flexibility index (Phi) is 6.21. The highest BCUT2D eigenvalue weighted by Gasteiger charge is 2.35. The molecule has 0 aromatic heterocycles. The molecular formula is C8H17Cl2FN2. The zero-order valence-corrected chi connectivity index (χ0v) is 9.17. The van der Waals surface area contributed by atoms with Crippen molar-refractivity contribution in [3.8, 4) is 0 Å². The summed E-state index contributed by atoms with van der Waals surface area (Å²) in [6.45, 7) is 3.78. The van der Waals surface area contributed by atoms with Crippen LogP contribution in [0.25, 0.3) is 0 Å². The molecule has 0 saturated carbocycles. The van der Waals surface area contributed by atoms with Crippen LogP contribution >= 0.6 is 24.8 Å². The molecule has 2 heterocycles. The predicted molar refractivity (Wildman–Crippen MR) is 56.8 cm³/mol. The third-order valence-corrected chi connectivity index (χ3v) is 2.84. The molecule has 0 amide bonds. The van der Waals surface area contributed by atoms with Gasteiger partial charge in [-0.3, -0.25) is 4.90 Å². The van der Waals surface area contributed by atoms with E-state index in [1.54, 1.807) is 0 Å². The minimum atomic E-state index is -0.195. The smallest absolute Gasteiger partial charge is 0.102 e. The molecule has 2 rings (SSSR count). The van der Waals surface area contributed by atoms with Crippen molar-refractivity contribution in [3.63, 3.8) is 0 Å². The molecule has 80 valence electrons. The van der Waals surface area contributed by atoms with Gasteiger partial charge in [-0.2, -0.15) is 0 Å². The lowest BCUT2D eigenvalue weighted by Crippen LogP contribution is -2.31. The highest BCUT2D eigenvalue weighted by molar-refractivity contribution is 5.85. The first-order valence-electron chi connectivity index (χ1n) is 4.42. The average Bonchev–Trinajstić information content (AvgIpc) is 2.46. The van der Waals surface area contributed by atoms with Gasteiger partial charge in [0.1, 0.15) is 6.67 Å². The van der Waals surface area contributed by atoms with Gasteiger partial charge < -0.3 is 5.32 Å². The number of nitrogens with zero attached hydrogens (tertiary/aromatic N) is 1. The Morgan fingerprint density at radius 2 is 2.08 bits per heavy atom. The van der Waals surface area contributed by atoms with Gasteiger partial charge in [-0.05, 0) is 18.9 Å². The first kappa shape index (κ1) is 13.4. The summed E-state index contributed by atoms with van der Waals surface area (Å²) in [6, 6.07) is 0.668. The number of nitrogens with one attached hydrogen (secondary N) is 1. The summed E-state index contributed by atoms with van der Waals surface area (Å²) in [5, 5.41) is 3.44. The van der Waals surface area contributed by atoms with Crippen molar-refractivity contribution in [2.45, 2.75) is 12.5 Å². The van der Waals surface area contributed by atoms with Crippen LogP contribution in [0.4, 0.5) is 4.39 Å². The molecule has 2 fully saturated rings. The number of hydrogen-bond acceptors (Lipinski definition) is 2. The molecule has 0 radical (unpaired) electrons. The molecule has 0 bridgehead atoms. The van der Waals surface area contributed by atoms with Gasteiger partial charge in [0.05, 0.1) is 0 Å². The fraction of sp³-hybridized carbons (Fsp3) is 1.00. The molecule has 0 aromatic rings. The Bertz CT molecular complexity index is 136. The zero-order chi connectivity index (χ0) is 7.68. The van der Waals surface area contributed by atoms with Crippen molar-refractivity contribution in [1.82, 2.24) is 10.2 Å². The maximum absolute atomic E-state index is 12.0. The SMILES string of the molecule is Cl.Cl.FCCN1C[C@H]2CCN[C@H]2C1. The van der Waals surface area contributed by atoms with Crippen molar-refractivity contribution in [1.29, 1.82) is 0 Å². The highest BCUT2D eigenvalue weighted by atomic mass is 35.5. The van der Waals surface area contributed by atoms with Crippen molar-refractivity contribution >= 4 is 24.8 Å². The van der Waals surface area contributed by atoms with Crippen LogP contribution in [0.3, 0.4) is 0 Å². The Morgan fingerprint density at radius 3 is 2.69 bits per heavy atom. The van der Waals surface area contributed by atoms with Crippen molar-refractivity contribution in [2.24, 2.45) is 5.92 Å². The molecule has 0 aromatic carbocycles. The molecule has 13 heavy (non-hydrogen) atoms. The van der Waals surface area contributed by atoms with Crippen LogP contribution in [0.15, 0.2) is 0 Å². The average molecular weight is 231 g/mol. The van der Waals surface area contributed by atoms with Crippen LogP contribution in [0, 0.1) is 5.92 Å². The second-order valence-corrected chi connectivity index (χ2v) is 3.56. The van der Waals surface area contributed by atoms with Crippen molar-refractivity contribution in [2.75, 3.05) is 32.9 Å². The number of alkyl halides is 1. The third-order valence-electron chi connectivity index (χ3n) is 2.84. The fourth-order valence-corrected chi connectivity index (χ4v) is 2.24. The molecular weight excluding hydrogens is 214 g/mol. The van der Waals surface area contributed by atoms with Crippen LogP contribution in [-0.4, -0.2) is 43.8 Å². The van der Waals surface area contributed by atoms with E-state index in [-0.39, 0.29) is 31.5 Å². The number of rotatable bonds is 2. The maximum Gasteiger partial charge on any atom is 0.102 e. The molecule has 2 atom stereocenters. The molecule has 0 aliphatic carbocycles. The first-order valence-corrected chi connectivity index (χ1v) is 4.42. The summed E-state index contributed by atoms with van der Waals surface area (Å²) in [7, 11) is 0. The molecule has 5 heteroatoms. The van der Waals surface area contributed by atoms with Crippen molar-refractivity contribution < 1.29 is 4.39 Å². The topological polar surface area (TPSA) is 15.3 Å². The second-order valence-electron chi connectivity index (χ2n) is 3.56. The lowest BCUT2D eigenvalue weighted by molar-refractivity contribution is 0.280. The summed E-state index contributed by atoms with van der Waals surface area (Å²) in [5.74, 6) is 0.807. The zero-order valence-electron chi connectivity index (χ0n) is 7.54. The normalized spacial score (nSPS) is 32.1. The van der Waals surface area contributed by atoms with Crippen molar-refractivity contribution in [3.05, 3.63) is 0 Å². The van der Waals surface area contributed by atoms with Crippen LogP contribution in [0.5, 0.6) is 0 Å². The summed E-state index contributed by atoms with van der Waals surface area (Å²) >= 11 is 0. The van der Waals surface area contributed by atoms with Gasteiger partial charge >= 0.3 is 0 Å². The number of fused-ring (bicyclic) bond motifs is 1. The van der Waals surface area contributed by atoms with E-state index in [0.717, 1.165) is 19.0 Å². The molecule has 0 spiro atoms. The minimum absolute atomic E-state index is 0. The quantitative estimate of drug-likeness (QED) is 0.765. The van der Waals surface area contributed by atoms with Gasteiger partial charge in [0.15, 0.2) is 0 Å². The fourth-order valence-electron chi connectivity index (χ4n) is 2.24. The molecule has 1 N–H and O–H groups in total. The Morgan fingerprint density at radius 1 is 1.31 bits per heavy atom. The Hall–Kier alpha value is 0.430. The number of halogens is 3. The van der Waals surface area contributed by atoms with Gasteiger partial charge in [-0.25, -0.2) is 4.39 Å². The number of hydrogen-bond donors (Lipinski definition) is 1. The van der Waals surface area contributed by atoms with E-state index in [0.29, 0.717) is 12.6 Å². The van der Waals surface area contributed by atoms with Crippen LogP contribution < -0.4 is 5.32 Å². The summed E-state index contributed by atoms with van der Waals surface area (Å²) in [5.41, 5.74) is 0. The van der Waals surface area contributed by atoms with Crippen LogP contribution in [0.2, 0.25) is 0 Å². The van der Waals surface area contributed by atoms with Gasteiger partial charge in [-0.1, -0.05) is 0 Å². The van der Waals surface area contributed by atoms with E-state index < -0.39 is 0 Å². The van der Waals surface area contributed by atoms with E-state index in [1.807, 2.05) is 0 Å². The summed E-state index contributed by atoms with van der Waals surface area (Å²) in [6.07, 6.45) is 1.29. The lowest BCUT2D eigenvalue weighted by atomic mass is 10.1. The van der Waals surface area contributed by atoms with E-state index in [1.165, 1.54) is 13.0 Å². The van der Waals surface area contributed by atoms with Crippen LogP contribution in [0.1, 0.15) is 6.42 Å². The predicted octanol–water partition coefficient (Wildman–Crippen LogP) is 1.09. The molecule has 0 unspecified atom stereocenters. The highest BCUT2D eigenvalue weighted by Crippen LogP contribution is 2.23. The first-order chi connectivity index (χ1) is 5.40. The van der Waals surface area contributed by atoms with Gasteiger partial charge in [0.2, 0.25) is 0 Å². The van der Waals surface area contributed by atoms with E-state index in [2.05, 4.69) is 10.2 Å².